The summed E-state index contributed by atoms with van der Waals surface area (Å²) in [5, 5.41) is 0. The number of hydrogen-bond acceptors (Lipinski definition) is 5. The molecule has 1 saturated heterocycles. The number of carbonyl (C=O) groups excluding carboxylic acids is 2. The Morgan fingerprint density at radius 3 is 2.39 bits per heavy atom. The molecule has 4 saturated carbocycles. The van der Waals surface area contributed by atoms with E-state index < -0.39 is 5.79 Å². The summed E-state index contributed by atoms with van der Waals surface area (Å²) in [6.07, 6.45) is 9.87. The van der Waals surface area contributed by atoms with E-state index in [0.717, 1.165) is 25.7 Å². The van der Waals surface area contributed by atoms with E-state index in [1.54, 1.807) is 0 Å². The molecule has 5 fully saturated rings. The van der Waals surface area contributed by atoms with Gasteiger partial charge in [-0.1, -0.05) is 20.8 Å². The molecular formula is C26H40O5. The Kier molecular flexibility index (Phi) is 5.33. The van der Waals surface area contributed by atoms with Gasteiger partial charge in [-0.15, -0.1) is 0 Å². The van der Waals surface area contributed by atoms with E-state index in [2.05, 4.69) is 20.8 Å². The van der Waals surface area contributed by atoms with Gasteiger partial charge >= 0.3 is 5.97 Å². The first-order valence-electron chi connectivity index (χ1n) is 12.6. The number of fused-ring (bicyclic) bond motifs is 6. The zero-order chi connectivity index (χ0) is 22.0. The van der Waals surface area contributed by atoms with E-state index in [4.69, 9.17) is 14.2 Å². The van der Waals surface area contributed by atoms with Crippen molar-refractivity contribution in [2.45, 2.75) is 91.0 Å². The third kappa shape index (κ3) is 3.16. The predicted octanol–water partition coefficient (Wildman–Crippen LogP) is 4.77. The number of aldehydes is 1. The normalized spacial score (nSPS) is 49.0. The molecule has 1 heterocycles. The van der Waals surface area contributed by atoms with Crippen molar-refractivity contribution < 1.29 is 23.8 Å². The summed E-state index contributed by atoms with van der Waals surface area (Å²) in [6, 6.07) is 0. The summed E-state index contributed by atoms with van der Waals surface area (Å²) >= 11 is 0. The summed E-state index contributed by atoms with van der Waals surface area (Å²) in [5.74, 6) is 2.11. The van der Waals surface area contributed by atoms with Crippen LogP contribution in [0.1, 0.15) is 79.1 Å². The van der Waals surface area contributed by atoms with E-state index in [1.165, 1.54) is 38.9 Å². The Bertz CT molecular complexity index is 729. The van der Waals surface area contributed by atoms with E-state index in [-0.39, 0.29) is 34.7 Å². The van der Waals surface area contributed by atoms with Crippen molar-refractivity contribution in [1.82, 2.24) is 0 Å². The number of esters is 1. The molecule has 5 aliphatic rings. The smallest absolute Gasteiger partial charge is 0.302 e. The lowest BCUT2D eigenvalue weighted by Crippen LogP contribution is -2.63. The van der Waals surface area contributed by atoms with Crippen LogP contribution in [0, 0.1) is 46.3 Å². The molecule has 5 rings (SSSR count). The fourth-order valence-electron chi connectivity index (χ4n) is 9.41. The van der Waals surface area contributed by atoms with Gasteiger partial charge in [0.2, 0.25) is 0 Å². The van der Waals surface area contributed by atoms with Crippen LogP contribution in [-0.4, -0.2) is 37.4 Å². The lowest BCUT2D eigenvalue weighted by Gasteiger charge is -2.65. The molecule has 174 valence electrons. The molecule has 0 aromatic rings. The first-order valence-corrected chi connectivity index (χ1v) is 12.6. The lowest BCUT2D eigenvalue weighted by atomic mass is 9.43. The molecule has 5 nitrogen and oxygen atoms in total. The van der Waals surface area contributed by atoms with Crippen molar-refractivity contribution in [3.63, 3.8) is 0 Å². The zero-order valence-electron chi connectivity index (χ0n) is 19.7. The van der Waals surface area contributed by atoms with Crippen molar-refractivity contribution in [3.05, 3.63) is 0 Å². The average molecular weight is 433 g/mol. The van der Waals surface area contributed by atoms with Crippen LogP contribution in [0.2, 0.25) is 0 Å². The molecule has 31 heavy (non-hydrogen) atoms. The van der Waals surface area contributed by atoms with E-state index in [9.17, 15) is 9.59 Å². The molecule has 1 spiro atoms. The van der Waals surface area contributed by atoms with Gasteiger partial charge in [-0.05, 0) is 79.4 Å². The Morgan fingerprint density at radius 2 is 1.71 bits per heavy atom. The molecule has 5 heteroatoms. The van der Waals surface area contributed by atoms with Crippen LogP contribution in [0.15, 0.2) is 0 Å². The quantitative estimate of drug-likeness (QED) is 0.475. The third-order valence-electron chi connectivity index (χ3n) is 10.7. The molecule has 0 aromatic heterocycles. The summed E-state index contributed by atoms with van der Waals surface area (Å²) in [6.45, 7) is 9.91. The van der Waals surface area contributed by atoms with Crippen molar-refractivity contribution in [2.75, 3.05) is 13.2 Å². The molecule has 9 atom stereocenters. The SMILES string of the molecule is CC(=O)O[C@H]1CC[C@@]2(C)C(C1)C1(C[C@H]3[C@@H]4CC[C@H]([C@H](C)C=O)[C@@]4(C)CC[C@@H]32)OCCO1. The Labute approximate surface area is 186 Å². The molecule has 0 radical (unpaired) electrons. The molecule has 0 N–H and O–H groups in total. The predicted molar refractivity (Wildman–Crippen MR) is 116 cm³/mol. The minimum atomic E-state index is -0.526. The molecule has 0 amide bonds. The number of carbonyl (C=O) groups is 2. The number of ether oxygens (including phenoxy) is 3. The van der Waals surface area contributed by atoms with Gasteiger partial charge in [-0.3, -0.25) is 4.79 Å². The maximum atomic E-state index is 11.7. The zero-order valence-corrected chi connectivity index (χ0v) is 19.7. The van der Waals surface area contributed by atoms with E-state index in [1.807, 2.05) is 0 Å². The number of rotatable bonds is 3. The van der Waals surface area contributed by atoms with Gasteiger partial charge < -0.3 is 19.0 Å². The van der Waals surface area contributed by atoms with Crippen LogP contribution in [0.25, 0.3) is 0 Å². The second kappa shape index (κ2) is 7.55. The van der Waals surface area contributed by atoms with Crippen LogP contribution in [-0.2, 0) is 23.8 Å². The highest BCUT2D eigenvalue weighted by Crippen LogP contribution is 2.70. The van der Waals surface area contributed by atoms with Crippen LogP contribution >= 0.6 is 0 Å². The minimum Gasteiger partial charge on any atom is -0.463 e. The first-order chi connectivity index (χ1) is 14.7. The average Bonchev–Trinajstić information content (AvgIpc) is 3.33. The van der Waals surface area contributed by atoms with Gasteiger partial charge in [-0.2, -0.15) is 0 Å². The van der Waals surface area contributed by atoms with Crippen molar-refractivity contribution in [3.8, 4) is 0 Å². The van der Waals surface area contributed by atoms with Crippen LogP contribution < -0.4 is 0 Å². The fourth-order valence-corrected chi connectivity index (χ4v) is 9.41. The maximum absolute atomic E-state index is 11.7. The van der Waals surface area contributed by atoms with E-state index in [0.29, 0.717) is 36.9 Å². The number of hydrogen-bond donors (Lipinski definition) is 0. The van der Waals surface area contributed by atoms with Crippen molar-refractivity contribution in [1.29, 1.82) is 0 Å². The summed E-state index contributed by atoms with van der Waals surface area (Å²) < 4.78 is 18.6. The molecular weight excluding hydrogens is 392 g/mol. The second-order valence-electron chi connectivity index (χ2n) is 11.9. The second-order valence-corrected chi connectivity index (χ2v) is 11.9. The largest absolute Gasteiger partial charge is 0.463 e. The summed E-state index contributed by atoms with van der Waals surface area (Å²) in [5.41, 5.74) is 0.402. The van der Waals surface area contributed by atoms with Gasteiger partial charge in [0.15, 0.2) is 5.79 Å². The highest BCUT2D eigenvalue weighted by atomic mass is 16.7. The minimum absolute atomic E-state index is 0.0186. The standard InChI is InChI=1S/C26H40O5/c1-16(15-27)20-5-6-21-19-14-26(29-11-12-30-26)23-13-18(31-17(2)28)7-9-25(23,4)22(19)8-10-24(20,21)3/h15-16,18-23H,5-14H2,1-4H3/t16-,18+,19+,20-,21+,22+,23?,24-,25-/m1/s1. The third-order valence-corrected chi connectivity index (χ3v) is 10.7. The molecule has 1 aliphatic heterocycles. The van der Waals surface area contributed by atoms with Crippen LogP contribution in [0.3, 0.4) is 0 Å². The summed E-state index contributed by atoms with van der Waals surface area (Å²) in [4.78, 5) is 23.3. The van der Waals surface area contributed by atoms with Crippen molar-refractivity contribution >= 4 is 12.3 Å². The van der Waals surface area contributed by atoms with Gasteiger partial charge in [0, 0.05) is 25.2 Å². The van der Waals surface area contributed by atoms with Gasteiger partial charge in [0.25, 0.3) is 0 Å². The monoisotopic (exact) mass is 432 g/mol. The Hall–Kier alpha value is -0.940. The highest BCUT2D eigenvalue weighted by molar-refractivity contribution is 5.66. The van der Waals surface area contributed by atoms with Crippen molar-refractivity contribution in [2.24, 2.45) is 46.3 Å². The van der Waals surface area contributed by atoms with Gasteiger partial charge in [0.05, 0.1) is 13.2 Å². The van der Waals surface area contributed by atoms with Gasteiger partial charge in [0.1, 0.15) is 12.4 Å². The Morgan fingerprint density at radius 1 is 1.03 bits per heavy atom. The topological polar surface area (TPSA) is 61.8 Å². The first kappa shape index (κ1) is 21.9. The van der Waals surface area contributed by atoms with Crippen LogP contribution in [0.5, 0.6) is 0 Å². The Balaban J connectivity index is 1.48. The molecule has 4 aliphatic carbocycles. The van der Waals surface area contributed by atoms with Gasteiger partial charge in [-0.25, -0.2) is 0 Å². The highest BCUT2D eigenvalue weighted by Gasteiger charge is 2.68. The molecule has 0 aromatic carbocycles. The van der Waals surface area contributed by atoms with Crippen LogP contribution in [0.4, 0.5) is 0 Å². The molecule has 1 unspecified atom stereocenters. The maximum Gasteiger partial charge on any atom is 0.302 e. The molecule has 0 bridgehead atoms. The fraction of sp³-hybridized carbons (Fsp3) is 0.923. The lowest BCUT2D eigenvalue weighted by molar-refractivity contribution is -0.298. The summed E-state index contributed by atoms with van der Waals surface area (Å²) in [7, 11) is 0. The van der Waals surface area contributed by atoms with E-state index >= 15 is 0 Å².